The molecule has 0 bridgehead atoms. The summed E-state index contributed by atoms with van der Waals surface area (Å²) in [7, 11) is 0. The second-order valence-electron chi connectivity index (χ2n) is 8.99. The Morgan fingerprint density at radius 3 is 2.59 bits per heavy atom. The van der Waals surface area contributed by atoms with Crippen LogP contribution in [0.4, 0.5) is 4.79 Å². The van der Waals surface area contributed by atoms with E-state index in [0.29, 0.717) is 45.3 Å². The minimum atomic E-state index is -0.980. The Morgan fingerprint density at radius 2 is 1.97 bits per heavy atom. The van der Waals surface area contributed by atoms with Gasteiger partial charge in [0.1, 0.15) is 5.65 Å². The van der Waals surface area contributed by atoms with Gasteiger partial charge < -0.3 is 10.0 Å². The van der Waals surface area contributed by atoms with E-state index < -0.39 is 12.1 Å². The van der Waals surface area contributed by atoms with Gasteiger partial charge in [-0.25, -0.2) is 14.8 Å². The van der Waals surface area contributed by atoms with Crippen LogP contribution in [0.3, 0.4) is 0 Å². The number of carboxylic acid groups (broad SMARTS) is 1. The molecule has 1 aliphatic rings. The Bertz CT molecular complexity index is 1250. The first kappa shape index (κ1) is 22.6. The summed E-state index contributed by atoms with van der Waals surface area (Å²) in [4.78, 5) is 36.4. The van der Waals surface area contributed by atoms with Crippen LogP contribution in [0.1, 0.15) is 33.2 Å². The van der Waals surface area contributed by atoms with Gasteiger partial charge in [-0.05, 0) is 30.2 Å². The number of likely N-dealkylation sites (tertiary alicyclic amines) is 1. The van der Waals surface area contributed by atoms with Gasteiger partial charge in [0, 0.05) is 34.3 Å². The van der Waals surface area contributed by atoms with Crippen molar-refractivity contribution >= 4 is 40.5 Å². The number of pyridine rings is 1. The highest BCUT2D eigenvalue weighted by atomic mass is 35.5. The molecule has 3 aromatic rings. The van der Waals surface area contributed by atoms with Crippen LogP contribution in [-0.2, 0) is 0 Å². The number of amides is 1. The molecule has 4 rings (SSSR count). The Balaban J connectivity index is 2.05. The summed E-state index contributed by atoms with van der Waals surface area (Å²) in [6.45, 7) is 6.35. The molecule has 2 unspecified atom stereocenters. The van der Waals surface area contributed by atoms with Crippen LogP contribution in [0, 0.1) is 5.41 Å². The molecule has 3 heterocycles. The average molecular weight is 473 g/mol. The number of nitrogens with zero attached hydrogens (tertiary/aromatic N) is 4. The van der Waals surface area contributed by atoms with Crippen molar-refractivity contribution < 1.29 is 9.90 Å². The highest BCUT2D eigenvalue weighted by Crippen LogP contribution is 2.41. The van der Waals surface area contributed by atoms with Gasteiger partial charge >= 0.3 is 6.09 Å². The first-order valence-corrected chi connectivity index (χ1v) is 11.9. The number of aromatic nitrogens is 3. The van der Waals surface area contributed by atoms with E-state index in [1.807, 2.05) is 45.2 Å². The van der Waals surface area contributed by atoms with E-state index in [-0.39, 0.29) is 17.0 Å². The lowest BCUT2D eigenvalue weighted by Crippen LogP contribution is -2.47. The Labute approximate surface area is 195 Å². The van der Waals surface area contributed by atoms with E-state index in [2.05, 4.69) is 9.97 Å². The number of halogens is 1. The molecule has 7 nitrogen and oxygen atoms in total. The predicted octanol–water partition coefficient (Wildman–Crippen LogP) is 5.17. The van der Waals surface area contributed by atoms with E-state index in [0.717, 1.165) is 0 Å². The Morgan fingerprint density at radius 1 is 1.25 bits per heavy atom. The molecule has 1 saturated heterocycles. The second kappa shape index (κ2) is 8.41. The van der Waals surface area contributed by atoms with Gasteiger partial charge in [-0.1, -0.05) is 62.3 Å². The molecule has 1 aromatic carbocycles. The van der Waals surface area contributed by atoms with Crippen LogP contribution in [0.25, 0.3) is 22.2 Å². The highest BCUT2D eigenvalue weighted by molar-refractivity contribution is 7.98. The lowest BCUT2D eigenvalue weighted by atomic mass is 9.82. The largest absolute Gasteiger partial charge is 0.465 e. The van der Waals surface area contributed by atoms with Gasteiger partial charge in [0.15, 0.2) is 5.16 Å². The zero-order valence-corrected chi connectivity index (χ0v) is 19.9. The van der Waals surface area contributed by atoms with Gasteiger partial charge in [0.05, 0.1) is 12.1 Å². The molecule has 1 fully saturated rings. The zero-order valence-electron chi connectivity index (χ0n) is 18.4. The standard InChI is InChI=1S/C23H25ClN4O3S/c1-23(2,3)18-17(9-10-27(18)22(30)31)28-19-13(12-25-21(26-19)32-4)11-15(20(28)29)14-7-5-6-8-16(14)24/h5-8,11-12,17-18H,9-10H2,1-4H3,(H,30,31). The minimum Gasteiger partial charge on any atom is -0.465 e. The third-order valence-electron chi connectivity index (χ3n) is 5.93. The first-order chi connectivity index (χ1) is 15.1. The molecular formula is C23H25ClN4O3S. The lowest BCUT2D eigenvalue weighted by Gasteiger charge is -2.37. The van der Waals surface area contributed by atoms with Gasteiger partial charge in [-0.3, -0.25) is 9.36 Å². The summed E-state index contributed by atoms with van der Waals surface area (Å²) in [5.41, 5.74) is 0.967. The van der Waals surface area contributed by atoms with Crippen molar-refractivity contribution in [2.24, 2.45) is 5.41 Å². The fourth-order valence-corrected chi connectivity index (χ4v) is 5.26. The molecule has 168 valence electrons. The third-order valence-corrected chi connectivity index (χ3v) is 6.82. The maximum Gasteiger partial charge on any atom is 0.407 e. The summed E-state index contributed by atoms with van der Waals surface area (Å²) in [5.74, 6) is 0. The number of carbonyl (C=O) groups is 1. The monoisotopic (exact) mass is 472 g/mol. The predicted molar refractivity (Wildman–Crippen MR) is 128 cm³/mol. The first-order valence-electron chi connectivity index (χ1n) is 10.3. The quantitative estimate of drug-likeness (QED) is 0.417. The van der Waals surface area contributed by atoms with Crippen LogP contribution >= 0.6 is 23.4 Å². The van der Waals surface area contributed by atoms with E-state index >= 15 is 0 Å². The lowest BCUT2D eigenvalue weighted by molar-refractivity contribution is 0.0927. The molecule has 0 spiro atoms. The topological polar surface area (TPSA) is 88.3 Å². The average Bonchev–Trinajstić information content (AvgIpc) is 3.19. The Kier molecular flexibility index (Phi) is 5.94. The smallest absolute Gasteiger partial charge is 0.407 e. The number of hydrogen-bond donors (Lipinski definition) is 1. The van der Waals surface area contributed by atoms with Crippen LogP contribution in [0.2, 0.25) is 5.02 Å². The summed E-state index contributed by atoms with van der Waals surface area (Å²) in [6, 6.07) is 8.22. The number of fused-ring (bicyclic) bond motifs is 1. The van der Waals surface area contributed by atoms with Crippen molar-refractivity contribution in [2.75, 3.05) is 12.8 Å². The molecule has 1 N–H and O–H groups in total. The molecule has 9 heteroatoms. The van der Waals surface area contributed by atoms with Gasteiger partial charge in [-0.2, -0.15) is 0 Å². The fraction of sp³-hybridized carbons (Fsp3) is 0.391. The maximum absolute atomic E-state index is 13.9. The summed E-state index contributed by atoms with van der Waals surface area (Å²) < 4.78 is 1.67. The normalized spacial score (nSPS) is 19.0. The fourth-order valence-electron chi connectivity index (χ4n) is 4.69. The second-order valence-corrected chi connectivity index (χ2v) is 10.2. The maximum atomic E-state index is 13.9. The molecule has 0 aliphatic carbocycles. The zero-order chi connectivity index (χ0) is 23.2. The van der Waals surface area contributed by atoms with Crippen molar-refractivity contribution in [1.82, 2.24) is 19.4 Å². The van der Waals surface area contributed by atoms with Crippen molar-refractivity contribution in [2.45, 2.75) is 44.4 Å². The van der Waals surface area contributed by atoms with E-state index in [9.17, 15) is 14.7 Å². The van der Waals surface area contributed by atoms with Crippen molar-refractivity contribution in [1.29, 1.82) is 0 Å². The summed E-state index contributed by atoms with van der Waals surface area (Å²) in [6.07, 6.45) is 3.13. The van der Waals surface area contributed by atoms with Gasteiger partial charge in [0.2, 0.25) is 0 Å². The number of rotatable bonds is 3. The van der Waals surface area contributed by atoms with Crippen LogP contribution in [0.15, 0.2) is 46.5 Å². The van der Waals surface area contributed by atoms with Gasteiger partial charge in [-0.15, -0.1) is 0 Å². The highest BCUT2D eigenvalue weighted by Gasteiger charge is 2.46. The molecule has 0 radical (unpaired) electrons. The van der Waals surface area contributed by atoms with E-state index in [4.69, 9.17) is 11.6 Å². The molecule has 1 aliphatic heterocycles. The molecule has 1 amide bonds. The molecular weight excluding hydrogens is 448 g/mol. The van der Waals surface area contributed by atoms with Crippen LogP contribution < -0.4 is 5.56 Å². The molecule has 0 saturated carbocycles. The third kappa shape index (κ3) is 3.86. The Hall–Kier alpha value is -2.58. The molecule has 2 aromatic heterocycles. The number of thioether (sulfide) groups is 1. The van der Waals surface area contributed by atoms with Crippen LogP contribution in [0.5, 0.6) is 0 Å². The summed E-state index contributed by atoms with van der Waals surface area (Å²) >= 11 is 7.83. The van der Waals surface area contributed by atoms with Crippen molar-refractivity contribution in [3.63, 3.8) is 0 Å². The van der Waals surface area contributed by atoms with Crippen LogP contribution in [-0.4, -0.2) is 49.5 Å². The minimum absolute atomic E-state index is 0.233. The molecule has 2 atom stereocenters. The van der Waals surface area contributed by atoms with E-state index in [1.54, 1.807) is 22.9 Å². The van der Waals surface area contributed by atoms with Crippen molar-refractivity contribution in [3.8, 4) is 11.1 Å². The van der Waals surface area contributed by atoms with E-state index in [1.165, 1.54) is 16.7 Å². The summed E-state index contributed by atoms with van der Waals surface area (Å²) in [5, 5.41) is 11.6. The van der Waals surface area contributed by atoms with Crippen molar-refractivity contribution in [3.05, 3.63) is 51.9 Å². The molecule has 32 heavy (non-hydrogen) atoms. The van der Waals surface area contributed by atoms with Gasteiger partial charge in [0.25, 0.3) is 5.56 Å². The number of hydrogen-bond acceptors (Lipinski definition) is 5. The number of benzene rings is 1. The SMILES string of the molecule is CSc1ncc2cc(-c3ccccc3Cl)c(=O)n(C3CCN(C(=O)O)C3C(C)(C)C)c2n1.